The van der Waals surface area contributed by atoms with Gasteiger partial charge in [0.25, 0.3) is 5.56 Å². The van der Waals surface area contributed by atoms with Crippen molar-refractivity contribution < 1.29 is 19.4 Å². The smallest absolute Gasteiger partial charge is 0.414 e. The number of aromatic amines is 1. The van der Waals surface area contributed by atoms with Crippen LogP contribution in [-0.4, -0.2) is 33.7 Å². The molecule has 2 aromatic heterocycles. The van der Waals surface area contributed by atoms with Crippen molar-refractivity contribution in [3.8, 4) is 0 Å². The number of nitrogens with zero attached hydrogens (tertiary/aromatic N) is 1. The summed E-state index contributed by atoms with van der Waals surface area (Å²) >= 11 is 0.966. The lowest BCUT2D eigenvalue weighted by Crippen LogP contribution is -2.19. The Morgan fingerprint density at radius 3 is 3.00 bits per heavy atom. The maximum atomic E-state index is 11.7. The Bertz CT molecular complexity index is 748. The maximum absolute atomic E-state index is 11.7. The largest absolute Gasteiger partial charge is 0.478 e. The first-order valence-corrected chi connectivity index (χ1v) is 6.20. The Balaban J connectivity index is 2.38. The summed E-state index contributed by atoms with van der Waals surface area (Å²) in [5.41, 5.74) is -0.615. The van der Waals surface area contributed by atoms with E-state index in [0.29, 0.717) is 0 Å². The third-order valence-electron chi connectivity index (χ3n) is 2.21. The van der Waals surface area contributed by atoms with Crippen LogP contribution in [0, 0.1) is 0 Å². The molecule has 0 aliphatic carbocycles. The molecule has 0 saturated heterocycles. The summed E-state index contributed by atoms with van der Waals surface area (Å²) in [5.74, 6) is -1.38. The molecule has 2 aromatic rings. The van der Waals surface area contributed by atoms with Crippen molar-refractivity contribution in [2.45, 2.75) is 0 Å². The highest BCUT2D eigenvalue weighted by atomic mass is 32.1. The zero-order valence-corrected chi connectivity index (χ0v) is 10.8. The molecule has 20 heavy (non-hydrogen) atoms. The van der Waals surface area contributed by atoms with E-state index in [1.807, 2.05) is 0 Å². The number of carboxylic acid groups (broad SMARTS) is 1. The number of H-pyrrole nitrogens is 1. The minimum absolute atomic E-state index is 0.00284. The minimum atomic E-state index is -1.20. The molecule has 9 heteroatoms. The van der Waals surface area contributed by atoms with Crippen molar-refractivity contribution in [2.75, 3.05) is 11.9 Å². The standard InChI is InChI=1S/C11H9N3O5S/c1-2-3-19-11(18)14-10-12-6-5(9(16)17)4-20-7(6)8(15)13-10/h2,4H,1,3H2,(H,16,17)(H2,12,13,14,15,18). The second kappa shape index (κ2) is 5.53. The molecule has 0 atom stereocenters. The van der Waals surface area contributed by atoms with Crippen LogP contribution in [0.5, 0.6) is 0 Å². The van der Waals surface area contributed by atoms with Gasteiger partial charge in [0, 0.05) is 5.38 Å². The molecule has 0 aliphatic rings. The molecule has 0 saturated carbocycles. The second-order valence-corrected chi connectivity index (χ2v) is 4.44. The number of thiophene rings is 1. The van der Waals surface area contributed by atoms with Gasteiger partial charge in [-0.2, -0.15) is 0 Å². The number of ether oxygens (including phenoxy) is 1. The van der Waals surface area contributed by atoms with Crippen molar-refractivity contribution in [3.05, 3.63) is 34.0 Å². The van der Waals surface area contributed by atoms with Gasteiger partial charge in [0.05, 0.1) is 5.56 Å². The summed E-state index contributed by atoms with van der Waals surface area (Å²) in [6.45, 7) is 3.37. The molecule has 0 aromatic carbocycles. The SMILES string of the molecule is C=CCOC(=O)Nc1nc2c(C(=O)O)csc2c(=O)[nH]1. The summed E-state index contributed by atoms with van der Waals surface area (Å²) in [7, 11) is 0. The molecule has 2 rings (SSSR count). The number of nitrogens with one attached hydrogen (secondary N) is 2. The van der Waals surface area contributed by atoms with Gasteiger partial charge in [0.1, 0.15) is 16.8 Å². The van der Waals surface area contributed by atoms with E-state index in [1.54, 1.807) is 0 Å². The van der Waals surface area contributed by atoms with Gasteiger partial charge in [0.2, 0.25) is 5.95 Å². The topological polar surface area (TPSA) is 121 Å². The lowest BCUT2D eigenvalue weighted by Gasteiger charge is -2.04. The molecular formula is C11H9N3O5S. The van der Waals surface area contributed by atoms with E-state index < -0.39 is 17.6 Å². The summed E-state index contributed by atoms with van der Waals surface area (Å²) in [6.07, 6.45) is 0.542. The fraction of sp³-hybridized carbons (Fsp3) is 0.0909. The number of amides is 1. The number of rotatable bonds is 4. The summed E-state index contributed by atoms with van der Waals surface area (Å²) in [4.78, 5) is 40.3. The number of fused-ring (bicyclic) bond motifs is 1. The molecular weight excluding hydrogens is 286 g/mol. The number of carbonyl (C=O) groups is 2. The molecule has 0 aliphatic heterocycles. The van der Waals surface area contributed by atoms with Crippen LogP contribution in [0.25, 0.3) is 10.2 Å². The first-order chi connectivity index (χ1) is 9.52. The van der Waals surface area contributed by atoms with E-state index in [1.165, 1.54) is 11.5 Å². The van der Waals surface area contributed by atoms with E-state index in [2.05, 4.69) is 26.6 Å². The molecule has 0 radical (unpaired) electrons. The monoisotopic (exact) mass is 295 g/mol. The fourth-order valence-electron chi connectivity index (χ4n) is 1.41. The lowest BCUT2D eigenvalue weighted by molar-refractivity contribution is 0.0699. The number of hydrogen-bond acceptors (Lipinski definition) is 6. The van der Waals surface area contributed by atoms with Crippen LogP contribution in [0.2, 0.25) is 0 Å². The van der Waals surface area contributed by atoms with Gasteiger partial charge in [-0.05, 0) is 0 Å². The van der Waals surface area contributed by atoms with Crippen molar-refractivity contribution in [1.29, 1.82) is 0 Å². The zero-order chi connectivity index (χ0) is 14.7. The number of anilines is 1. The van der Waals surface area contributed by atoms with Crippen LogP contribution in [0.3, 0.4) is 0 Å². The summed E-state index contributed by atoms with van der Waals surface area (Å²) in [6, 6.07) is 0. The third-order valence-corrected chi connectivity index (χ3v) is 3.18. The molecule has 1 amide bonds. The highest BCUT2D eigenvalue weighted by molar-refractivity contribution is 7.17. The van der Waals surface area contributed by atoms with Gasteiger partial charge < -0.3 is 9.84 Å². The van der Waals surface area contributed by atoms with E-state index in [0.717, 1.165) is 11.3 Å². The van der Waals surface area contributed by atoms with E-state index in [-0.39, 0.29) is 28.3 Å². The maximum Gasteiger partial charge on any atom is 0.414 e. The van der Waals surface area contributed by atoms with E-state index in [9.17, 15) is 14.4 Å². The molecule has 0 bridgehead atoms. The van der Waals surface area contributed by atoms with Crippen molar-refractivity contribution in [1.82, 2.24) is 9.97 Å². The Morgan fingerprint density at radius 1 is 1.60 bits per heavy atom. The van der Waals surface area contributed by atoms with Gasteiger partial charge in [-0.15, -0.1) is 11.3 Å². The Kier molecular flexibility index (Phi) is 3.80. The van der Waals surface area contributed by atoms with Crippen molar-refractivity contribution in [3.63, 3.8) is 0 Å². The second-order valence-electron chi connectivity index (χ2n) is 3.56. The van der Waals surface area contributed by atoms with E-state index >= 15 is 0 Å². The van der Waals surface area contributed by atoms with Crippen molar-refractivity contribution in [2.24, 2.45) is 0 Å². The Hall–Kier alpha value is -2.68. The average Bonchev–Trinajstić information content (AvgIpc) is 2.80. The molecule has 8 nitrogen and oxygen atoms in total. The molecule has 0 unspecified atom stereocenters. The lowest BCUT2D eigenvalue weighted by atomic mass is 10.3. The highest BCUT2D eigenvalue weighted by Crippen LogP contribution is 2.21. The van der Waals surface area contributed by atoms with Crippen LogP contribution in [0.15, 0.2) is 22.8 Å². The molecule has 3 N–H and O–H groups in total. The fourth-order valence-corrected chi connectivity index (χ4v) is 2.28. The van der Waals surface area contributed by atoms with Crippen LogP contribution in [-0.2, 0) is 4.74 Å². The van der Waals surface area contributed by atoms with Crippen LogP contribution < -0.4 is 10.9 Å². The first-order valence-electron chi connectivity index (χ1n) is 5.32. The number of aromatic nitrogens is 2. The molecule has 0 fully saturated rings. The predicted molar refractivity (Wildman–Crippen MR) is 72.4 cm³/mol. The van der Waals surface area contributed by atoms with Gasteiger partial charge in [-0.3, -0.25) is 15.1 Å². The molecule has 0 spiro atoms. The normalized spacial score (nSPS) is 10.2. The van der Waals surface area contributed by atoms with Gasteiger partial charge in [0.15, 0.2) is 0 Å². The molecule has 2 heterocycles. The highest BCUT2D eigenvalue weighted by Gasteiger charge is 2.16. The average molecular weight is 295 g/mol. The van der Waals surface area contributed by atoms with Crippen LogP contribution in [0.1, 0.15) is 10.4 Å². The molecule has 104 valence electrons. The van der Waals surface area contributed by atoms with Crippen LogP contribution in [0.4, 0.5) is 10.7 Å². The predicted octanol–water partition coefficient (Wildman–Crippen LogP) is 1.42. The Labute approximate surface area is 115 Å². The minimum Gasteiger partial charge on any atom is -0.478 e. The number of carbonyl (C=O) groups excluding carboxylic acids is 1. The number of aromatic carboxylic acids is 1. The third kappa shape index (κ3) is 2.67. The zero-order valence-electron chi connectivity index (χ0n) is 10.0. The van der Waals surface area contributed by atoms with Gasteiger partial charge >= 0.3 is 12.1 Å². The quantitative estimate of drug-likeness (QED) is 0.733. The van der Waals surface area contributed by atoms with Crippen LogP contribution >= 0.6 is 11.3 Å². The number of carboxylic acids is 1. The first kappa shape index (κ1) is 13.7. The van der Waals surface area contributed by atoms with Gasteiger partial charge in [-0.1, -0.05) is 12.7 Å². The summed E-state index contributed by atoms with van der Waals surface area (Å²) in [5, 5.41) is 12.5. The van der Waals surface area contributed by atoms with Gasteiger partial charge in [-0.25, -0.2) is 14.6 Å². The van der Waals surface area contributed by atoms with E-state index in [4.69, 9.17) is 5.11 Å². The number of hydrogen-bond donors (Lipinski definition) is 3. The summed E-state index contributed by atoms with van der Waals surface area (Å²) < 4.78 is 4.84. The van der Waals surface area contributed by atoms with Crippen molar-refractivity contribution >= 4 is 39.6 Å². The Morgan fingerprint density at radius 2 is 2.35 bits per heavy atom.